The largest absolute Gasteiger partial charge is 0.357 e. The maximum atomic E-state index is 4.40. The van der Waals surface area contributed by atoms with Gasteiger partial charge in [-0.15, -0.1) is 5.73 Å². The Morgan fingerprint density at radius 2 is 1.64 bits per heavy atom. The molecule has 2 unspecified atom stereocenters. The van der Waals surface area contributed by atoms with Crippen LogP contribution in [-0.4, -0.2) is 42.6 Å². The lowest BCUT2D eigenvalue weighted by Gasteiger charge is -2.38. The number of benzene rings is 1. The molecular weight excluding hydrogens is 474 g/mol. The lowest BCUT2D eigenvalue weighted by Crippen LogP contribution is -2.34. The van der Waals surface area contributed by atoms with Crippen LogP contribution in [0, 0.1) is 23.7 Å². The van der Waals surface area contributed by atoms with Crippen LogP contribution in [0.4, 0.5) is 5.82 Å². The highest BCUT2D eigenvalue weighted by Gasteiger charge is 2.29. The summed E-state index contributed by atoms with van der Waals surface area (Å²) in [5.74, 6) is 5.06. The lowest BCUT2D eigenvalue weighted by molar-refractivity contribution is 0.120. The fourth-order valence-electron chi connectivity index (χ4n) is 6.08. The van der Waals surface area contributed by atoms with E-state index in [1.165, 1.54) is 82.1 Å². The molecule has 3 fully saturated rings. The Morgan fingerprint density at radius 3 is 2.18 bits per heavy atom. The molecule has 3 heterocycles. The smallest absolute Gasteiger partial charge is 0.129 e. The Balaban J connectivity index is 0.000000175. The van der Waals surface area contributed by atoms with Crippen molar-refractivity contribution in [2.75, 3.05) is 37.6 Å². The SMILES string of the molecule is C=C=C(C)c1ccnc(N2CCCC2)c1.CC1CC(C)C1C.CCCN1CCC(CCc2ccccc2)CC1. The normalized spacial score (nSPS) is 23.0. The van der Waals surface area contributed by atoms with Crippen molar-refractivity contribution in [1.29, 1.82) is 0 Å². The molecule has 1 aliphatic carbocycles. The second kappa shape index (κ2) is 16.7. The van der Waals surface area contributed by atoms with Crippen molar-refractivity contribution in [3.05, 3.63) is 72.1 Å². The summed E-state index contributed by atoms with van der Waals surface area (Å²) in [4.78, 5) is 9.36. The molecule has 2 atom stereocenters. The summed E-state index contributed by atoms with van der Waals surface area (Å²) < 4.78 is 0. The third kappa shape index (κ3) is 10.3. The monoisotopic (exact) mass is 529 g/mol. The van der Waals surface area contributed by atoms with Crippen molar-refractivity contribution < 1.29 is 0 Å². The molecule has 2 aromatic rings. The number of rotatable bonds is 7. The maximum absolute atomic E-state index is 4.40. The number of aromatic nitrogens is 1. The molecule has 214 valence electrons. The van der Waals surface area contributed by atoms with Gasteiger partial charge in [-0.1, -0.05) is 64.6 Å². The number of piperidine rings is 1. The van der Waals surface area contributed by atoms with Crippen LogP contribution >= 0.6 is 0 Å². The van der Waals surface area contributed by atoms with E-state index >= 15 is 0 Å². The summed E-state index contributed by atoms with van der Waals surface area (Å²) in [7, 11) is 0. The van der Waals surface area contributed by atoms with Crippen molar-refractivity contribution in [2.24, 2.45) is 23.7 Å². The van der Waals surface area contributed by atoms with Crippen LogP contribution in [0.5, 0.6) is 0 Å². The van der Waals surface area contributed by atoms with E-state index in [0.29, 0.717) is 0 Å². The minimum atomic E-state index is 0.961. The molecule has 3 aliphatic rings. The van der Waals surface area contributed by atoms with Gasteiger partial charge in [-0.05, 0) is 130 Å². The molecule has 1 saturated carbocycles. The molecule has 3 nitrogen and oxygen atoms in total. The Bertz CT molecular complexity index is 987. The zero-order valence-electron chi connectivity index (χ0n) is 25.7. The van der Waals surface area contributed by atoms with E-state index in [-0.39, 0.29) is 0 Å². The number of hydrogen-bond donors (Lipinski definition) is 0. The number of allylic oxidation sites excluding steroid dienone is 1. The zero-order valence-corrected chi connectivity index (χ0v) is 25.7. The predicted molar refractivity (Wildman–Crippen MR) is 170 cm³/mol. The molecule has 1 aromatic carbocycles. The number of likely N-dealkylation sites (tertiary alicyclic amines) is 1. The fourth-order valence-corrected chi connectivity index (χ4v) is 6.08. The summed E-state index contributed by atoms with van der Waals surface area (Å²) >= 11 is 0. The number of pyridine rings is 1. The topological polar surface area (TPSA) is 19.4 Å². The average molecular weight is 530 g/mol. The van der Waals surface area contributed by atoms with Crippen LogP contribution in [0.25, 0.3) is 5.57 Å². The van der Waals surface area contributed by atoms with Crippen molar-refractivity contribution >= 4 is 11.4 Å². The summed E-state index contributed by atoms with van der Waals surface area (Å²) in [5, 5.41) is 0. The number of anilines is 1. The second-order valence-corrected chi connectivity index (χ2v) is 12.3. The highest BCUT2D eigenvalue weighted by molar-refractivity contribution is 5.65. The minimum Gasteiger partial charge on any atom is -0.357 e. The number of hydrogen-bond acceptors (Lipinski definition) is 3. The number of aryl methyl sites for hydroxylation is 1. The molecule has 39 heavy (non-hydrogen) atoms. The molecular formula is C36H55N3. The van der Waals surface area contributed by atoms with Gasteiger partial charge in [0.2, 0.25) is 0 Å². The molecule has 0 radical (unpaired) electrons. The first-order valence-electron chi connectivity index (χ1n) is 15.8. The van der Waals surface area contributed by atoms with Gasteiger partial charge in [0, 0.05) is 19.3 Å². The van der Waals surface area contributed by atoms with Gasteiger partial charge in [-0.2, -0.15) is 0 Å². The number of nitrogens with zero attached hydrogens (tertiary/aromatic N) is 3. The van der Waals surface area contributed by atoms with E-state index in [9.17, 15) is 0 Å². The van der Waals surface area contributed by atoms with Gasteiger partial charge in [-0.25, -0.2) is 4.98 Å². The summed E-state index contributed by atoms with van der Waals surface area (Å²) in [6, 6.07) is 15.1. The quantitative estimate of drug-likeness (QED) is 0.334. The van der Waals surface area contributed by atoms with Gasteiger partial charge in [0.05, 0.1) is 0 Å². The fraction of sp³-hybridized carbons (Fsp3) is 0.611. The average Bonchev–Trinajstić information content (AvgIpc) is 3.53. The van der Waals surface area contributed by atoms with Gasteiger partial charge in [0.25, 0.3) is 0 Å². The Morgan fingerprint density at radius 1 is 0.974 bits per heavy atom. The lowest BCUT2D eigenvalue weighted by atomic mass is 9.68. The Kier molecular flexibility index (Phi) is 13.3. The van der Waals surface area contributed by atoms with Crippen LogP contribution in [0.2, 0.25) is 0 Å². The molecule has 1 aromatic heterocycles. The van der Waals surface area contributed by atoms with Gasteiger partial charge in [0.1, 0.15) is 5.82 Å². The van der Waals surface area contributed by atoms with Crippen LogP contribution in [0.3, 0.4) is 0 Å². The van der Waals surface area contributed by atoms with Crippen LogP contribution in [0.15, 0.2) is 61.0 Å². The van der Waals surface area contributed by atoms with Crippen molar-refractivity contribution in [3.8, 4) is 0 Å². The molecule has 2 saturated heterocycles. The van der Waals surface area contributed by atoms with E-state index < -0.39 is 0 Å². The van der Waals surface area contributed by atoms with E-state index in [0.717, 1.165) is 48.2 Å². The molecule has 5 rings (SSSR count). The third-order valence-corrected chi connectivity index (χ3v) is 9.34. The summed E-state index contributed by atoms with van der Waals surface area (Å²) in [5.41, 5.74) is 6.67. The standard InChI is InChI=1S/C16H25N.C13H16N2.C7H14/c1-2-12-17-13-10-16(11-14-17)9-8-15-6-4-3-5-7-15;1-3-11(2)12-6-7-14-13(10-12)15-8-4-5-9-15;1-5-4-6(2)7(5)3/h3-7,16H,2,8-14H2,1H3;6-7,10H,1,4-5,8-9H2,2H3;5-7H,4H2,1-3H3. The van der Waals surface area contributed by atoms with Crippen molar-refractivity contribution in [2.45, 2.75) is 86.0 Å². The first-order valence-corrected chi connectivity index (χ1v) is 15.8. The van der Waals surface area contributed by atoms with Crippen molar-refractivity contribution in [3.63, 3.8) is 0 Å². The van der Waals surface area contributed by atoms with E-state index in [4.69, 9.17) is 0 Å². The molecule has 0 bridgehead atoms. The van der Waals surface area contributed by atoms with E-state index in [2.05, 4.69) is 91.2 Å². The molecule has 0 amide bonds. The first kappa shape index (κ1) is 31.2. The van der Waals surface area contributed by atoms with E-state index in [1.807, 2.05) is 19.2 Å². The Labute approximate surface area is 240 Å². The molecule has 3 heteroatoms. The first-order chi connectivity index (χ1) is 18.9. The second-order valence-electron chi connectivity index (χ2n) is 12.3. The molecule has 0 spiro atoms. The van der Waals surface area contributed by atoms with Gasteiger partial charge in [-0.3, -0.25) is 0 Å². The van der Waals surface area contributed by atoms with Crippen LogP contribution in [0.1, 0.15) is 90.7 Å². The molecule has 0 N–H and O–H groups in total. The zero-order chi connectivity index (χ0) is 28.0. The highest BCUT2D eigenvalue weighted by atomic mass is 15.2. The van der Waals surface area contributed by atoms with Gasteiger partial charge >= 0.3 is 0 Å². The highest BCUT2D eigenvalue weighted by Crippen LogP contribution is 2.38. The summed E-state index contributed by atoms with van der Waals surface area (Å²) in [6.07, 6.45) is 12.6. The predicted octanol–water partition coefficient (Wildman–Crippen LogP) is 8.91. The third-order valence-electron chi connectivity index (χ3n) is 9.34. The minimum absolute atomic E-state index is 0.961. The maximum Gasteiger partial charge on any atom is 0.129 e. The molecule has 2 aliphatic heterocycles. The Hall–Kier alpha value is -2.35. The van der Waals surface area contributed by atoms with E-state index in [1.54, 1.807) is 0 Å². The van der Waals surface area contributed by atoms with Crippen molar-refractivity contribution in [1.82, 2.24) is 9.88 Å². The van der Waals surface area contributed by atoms with Gasteiger partial charge in [0.15, 0.2) is 0 Å². The summed E-state index contributed by atoms with van der Waals surface area (Å²) in [6.45, 7) is 21.2. The van der Waals surface area contributed by atoms with Crippen LogP contribution < -0.4 is 4.90 Å². The van der Waals surface area contributed by atoms with Crippen LogP contribution in [-0.2, 0) is 6.42 Å². The van der Waals surface area contributed by atoms with Gasteiger partial charge < -0.3 is 9.80 Å².